The molecule has 0 radical (unpaired) electrons. The van der Waals surface area contributed by atoms with E-state index in [0.717, 1.165) is 0 Å². The molecular weight excluding hydrogens is 224 g/mol. The predicted molar refractivity (Wildman–Crippen MR) is 44.5 cm³/mol. The van der Waals surface area contributed by atoms with Crippen LogP contribution in [0.1, 0.15) is 0 Å². The second-order valence-electron chi connectivity index (χ2n) is 3.36. The molecule has 2 aliphatic heterocycles. The van der Waals surface area contributed by atoms with E-state index >= 15 is 0 Å². The quantitative estimate of drug-likeness (QED) is 0.615. The lowest BCUT2D eigenvalue weighted by Crippen LogP contribution is -2.33. The summed E-state index contributed by atoms with van der Waals surface area (Å²) in [4.78, 5) is 21.0. The third-order valence-electron chi connectivity index (χ3n) is 2.24. The van der Waals surface area contributed by atoms with Crippen molar-refractivity contribution in [2.45, 2.75) is 24.8 Å². The molecule has 2 fully saturated rings. The molecule has 0 aromatic rings. The van der Waals surface area contributed by atoms with Gasteiger partial charge in [-0.25, -0.2) is 9.59 Å². The monoisotopic (exact) mass is 234 g/mol. The highest BCUT2D eigenvalue weighted by Crippen LogP contribution is 2.22. The zero-order valence-electron chi connectivity index (χ0n) is 8.07. The van der Waals surface area contributed by atoms with Crippen LogP contribution < -0.4 is 0 Å². The molecule has 4 atom stereocenters. The number of carbonyl (C=O) groups is 2. The van der Waals surface area contributed by atoms with Crippen LogP contribution in [0.4, 0.5) is 0 Å². The molecule has 16 heavy (non-hydrogen) atoms. The molecule has 0 amide bonds. The summed E-state index contributed by atoms with van der Waals surface area (Å²) in [6.45, 7) is 0.0780. The number of ether oxygens (including phenoxy) is 4. The average molecular weight is 234 g/mol. The topological polar surface area (TPSA) is 112 Å². The van der Waals surface area contributed by atoms with E-state index in [2.05, 4.69) is 0 Å². The van der Waals surface area contributed by atoms with Crippen molar-refractivity contribution in [3.63, 3.8) is 0 Å². The van der Waals surface area contributed by atoms with Crippen LogP contribution in [0, 0.1) is 0 Å². The van der Waals surface area contributed by atoms with Crippen molar-refractivity contribution in [2.75, 3.05) is 13.2 Å². The SMILES string of the molecule is O=C(O)C1OCC(C2COC(C(=O)O)O2)O1. The fourth-order valence-electron chi connectivity index (χ4n) is 1.49. The van der Waals surface area contributed by atoms with Crippen LogP contribution >= 0.6 is 0 Å². The second kappa shape index (κ2) is 4.34. The minimum absolute atomic E-state index is 0.0390. The highest BCUT2D eigenvalue weighted by atomic mass is 16.8. The molecule has 0 aliphatic carbocycles. The lowest BCUT2D eigenvalue weighted by molar-refractivity contribution is -0.176. The smallest absolute Gasteiger partial charge is 0.361 e. The van der Waals surface area contributed by atoms with Gasteiger partial charge in [-0.2, -0.15) is 0 Å². The zero-order chi connectivity index (χ0) is 11.7. The van der Waals surface area contributed by atoms with Gasteiger partial charge in [0.1, 0.15) is 12.2 Å². The van der Waals surface area contributed by atoms with Gasteiger partial charge in [-0.05, 0) is 0 Å². The van der Waals surface area contributed by atoms with Crippen molar-refractivity contribution in [3.05, 3.63) is 0 Å². The predicted octanol–water partition coefficient (Wildman–Crippen LogP) is -1.36. The van der Waals surface area contributed by atoms with Crippen LogP contribution in [-0.4, -0.2) is 60.2 Å². The Morgan fingerprint density at radius 3 is 1.50 bits per heavy atom. The van der Waals surface area contributed by atoms with Crippen LogP contribution in [0.5, 0.6) is 0 Å². The van der Waals surface area contributed by atoms with Crippen LogP contribution in [0.25, 0.3) is 0 Å². The molecule has 0 saturated carbocycles. The number of hydrogen-bond donors (Lipinski definition) is 2. The van der Waals surface area contributed by atoms with Crippen molar-refractivity contribution in [1.29, 1.82) is 0 Å². The highest BCUT2D eigenvalue weighted by molar-refractivity contribution is 5.71. The van der Waals surface area contributed by atoms with Gasteiger partial charge >= 0.3 is 11.9 Å². The van der Waals surface area contributed by atoms with Crippen LogP contribution in [0.3, 0.4) is 0 Å². The molecule has 2 rings (SSSR count). The fourth-order valence-corrected chi connectivity index (χ4v) is 1.49. The van der Waals surface area contributed by atoms with Gasteiger partial charge in [0.15, 0.2) is 0 Å². The Labute approximate surface area is 89.6 Å². The Morgan fingerprint density at radius 2 is 1.25 bits per heavy atom. The molecule has 2 aliphatic rings. The van der Waals surface area contributed by atoms with Gasteiger partial charge in [-0.3, -0.25) is 0 Å². The van der Waals surface area contributed by atoms with Gasteiger partial charge in [0.05, 0.1) is 13.2 Å². The third kappa shape index (κ3) is 2.14. The van der Waals surface area contributed by atoms with Crippen LogP contribution in [-0.2, 0) is 28.5 Å². The summed E-state index contributed by atoms with van der Waals surface area (Å²) in [5.74, 6) is -2.45. The summed E-state index contributed by atoms with van der Waals surface area (Å²) < 4.78 is 19.7. The van der Waals surface area contributed by atoms with Gasteiger partial charge in [0, 0.05) is 0 Å². The lowest BCUT2D eigenvalue weighted by atomic mass is 10.2. The molecule has 0 aromatic heterocycles. The molecule has 90 valence electrons. The molecule has 0 aromatic carbocycles. The largest absolute Gasteiger partial charge is 0.477 e. The molecule has 4 unspecified atom stereocenters. The van der Waals surface area contributed by atoms with E-state index in [4.69, 9.17) is 29.2 Å². The average Bonchev–Trinajstić information content (AvgIpc) is 2.86. The summed E-state index contributed by atoms with van der Waals surface area (Å²) in [5.41, 5.74) is 0. The second-order valence-corrected chi connectivity index (χ2v) is 3.36. The third-order valence-corrected chi connectivity index (χ3v) is 2.24. The molecule has 2 heterocycles. The van der Waals surface area contributed by atoms with Gasteiger partial charge in [0.2, 0.25) is 0 Å². The Morgan fingerprint density at radius 1 is 0.875 bits per heavy atom. The maximum Gasteiger partial charge on any atom is 0.361 e. The summed E-state index contributed by atoms with van der Waals surface area (Å²) >= 11 is 0. The number of aliphatic carboxylic acids is 2. The molecule has 8 nitrogen and oxygen atoms in total. The molecule has 0 bridgehead atoms. The molecule has 2 N–H and O–H groups in total. The Balaban J connectivity index is 1.87. The van der Waals surface area contributed by atoms with E-state index in [0.29, 0.717) is 0 Å². The van der Waals surface area contributed by atoms with Gasteiger partial charge in [0.25, 0.3) is 12.6 Å². The maximum atomic E-state index is 10.5. The van der Waals surface area contributed by atoms with E-state index in [1.165, 1.54) is 0 Å². The van der Waals surface area contributed by atoms with Crippen LogP contribution in [0.2, 0.25) is 0 Å². The van der Waals surface area contributed by atoms with E-state index in [1.54, 1.807) is 0 Å². The Kier molecular flexibility index (Phi) is 3.06. The van der Waals surface area contributed by atoms with E-state index in [1.807, 2.05) is 0 Å². The molecule has 0 spiro atoms. The normalized spacial score (nSPS) is 38.8. The first-order valence-corrected chi connectivity index (χ1v) is 4.57. The van der Waals surface area contributed by atoms with Crippen molar-refractivity contribution in [2.24, 2.45) is 0 Å². The number of hydrogen-bond acceptors (Lipinski definition) is 6. The van der Waals surface area contributed by atoms with Crippen molar-refractivity contribution < 1.29 is 38.7 Å². The summed E-state index contributed by atoms with van der Waals surface area (Å²) in [6, 6.07) is 0. The minimum atomic E-state index is -1.32. The van der Waals surface area contributed by atoms with Crippen molar-refractivity contribution >= 4 is 11.9 Å². The van der Waals surface area contributed by atoms with E-state index < -0.39 is 36.7 Å². The summed E-state index contributed by atoms with van der Waals surface area (Å²) in [5, 5.41) is 17.2. The molecule has 8 heteroatoms. The first-order valence-electron chi connectivity index (χ1n) is 4.57. The number of carboxylic acids is 2. The Bertz CT molecular complexity index is 272. The summed E-state index contributed by atoms with van der Waals surface area (Å²) in [7, 11) is 0. The van der Waals surface area contributed by atoms with E-state index in [9.17, 15) is 9.59 Å². The summed E-state index contributed by atoms with van der Waals surface area (Å²) in [6.07, 6.45) is -3.88. The molecule has 2 saturated heterocycles. The number of rotatable bonds is 3. The van der Waals surface area contributed by atoms with E-state index in [-0.39, 0.29) is 13.2 Å². The van der Waals surface area contributed by atoms with Crippen LogP contribution in [0.15, 0.2) is 0 Å². The lowest BCUT2D eigenvalue weighted by Gasteiger charge is -2.14. The van der Waals surface area contributed by atoms with Crippen molar-refractivity contribution in [3.8, 4) is 0 Å². The van der Waals surface area contributed by atoms with Gasteiger partial charge in [-0.1, -0.05) is 0 Å². The van der Waals surface area contributed by atoms with Crippen molar-refractivity contribution in [1.82, 2.24) is 0 Å². The Hall–Kier alpha value is -1.22. The zero-order valence-corrected chi connectivity index (χ0v) is 8.07. The van der Waals surface area contributed by atoms with Gasteiger partial charge < -0.3 is 29.2 Å². The standard InChI is InChI=1S/C8H10O8/c9-5(10)7-13-1-3(15-7)4-2-14-8(16-4)6(11)12/h3-4,7-8H,1-2H2,(H,9,10)(H,11,12). The maximum absolute atomic E-state index is 10.5. The molecular formula is C8H10O8. The highest BCUT2D eigenvalue weighted by Gasteiger charge is 2.42. The first kappa shape index (κ1) is 11.3. The fraction of sp³-hybridized carbons (Fsp3) is 0.750. The number of carboxylic acid groups (broad SMARTS) is 2. The first-order chi connectivity index (χ1) is 7.58. The van der Waals surface area contributed by atoms with Gasteiger partial charge in [-0.15, -0.1) is 0 Å². The minimum Gasteiger partial charge on any atom is -0.477 e.